The molecule has 1 N–H and O–H groups in total. The van der Waals surface area contributed by atoms with Crippen LogP contribution in [-0.4, -0.2) is 35.8 Å². The Morgan fingerprint density at radius 1 is 1.19 bits per heavy atom. The van der Waals surface area contributed by atoms with Gasteiger partial charge in [-0.05, 0) is 74.3 Å². The van der Waals surface area contributed by atoms with Crippen LogP contribution in [0, 0.1) is 0 Å². The fourth-order valence-electron chi connectivity index (χ4n) is 3.91. The second-order valence-corrected chi connectivity index (χ2v) is 7.75. The SMILES string of the molecule is CN1CCC(c2c[nH]c3ccc(CC(=O)c4cccc(Cl)c4)cc23)CC1. The van der Waals surface area contributed by atoms with Crippen LogP contribution in [0.5, 0.6) is 0 Å². The predicted octanol–water partition coefficient (Wildman–Crippen LogP) is 5.06. The topological polar surface area (TPSA) is 36.1 Å². The van der Waals surface area contributed by atoms with Gasteiger partial charge in [0.1, 0.15) is 0 Å². The lowest BCUT2D eigenvalue weighted by atomic mass is 9.89. The summed E-state index contributed by atoms with van der Waals surface area (Å²) in [5.74, 6) is 0.696. The summed E-state index contributed by atoms with van der Waals surface area (Å²) in [6.45, 7) is 2.29. The van der Waals surface area contributed by atoms with Crippen LogP contribution in [-0.2, 0) is 6.42 Å². The van der Waals surface area contributed by atoms with Gasteiger partial charge >= 0.3 is 0 Å². The van der Waals surface area contributed by atoms with Gasteiger partial charge in [0.2, 0.25) is 0 Å². The highest BCUT2D eigenvalue weighted by atomic mass is 35.5. The molecule has 1 aliphatic rings. The van der Waals surface area contributed by atoms with E-state index < -0.39 is 0 Å². The Labute approximate surface area is 159 Å². The van der Waals surface area contributed by atoms with Crippen LogP contribution in [0.1, 0.15) is 40.2 Å². The minimum atomic E-state index is 0.100. The number of benzene rings is 2. The second-order valence-electron chi connectivity index (χ2n) is 7.31. The van der Waals surface area contributed by atoms with Gasteiger partial charge in [-0.3, -0.25) is 4.79 Å². The first-order valence-electron chi connectivity index (χ1n) is 9.17. The maximum atomic E-state index is 12.6. The third-order valence-electron chi connectivity index (χ3n) is 5.45. The number of piperidine rings is 1. The summed E-state index contributed by atoms with van der Waals surface area (Å²) >= 11 is 6.01. The van der Waals surface area contributed by atoms with Crippen LogP contribution < -0.4 is 0 Å². The van der Waals surface area contributed by atoms with Gasteiger partial charge < -0.3 is 9.88 Å². The van der Waals surface area contributed by atoms with E-state index >= 15 is 0 Å². The van der Waals surface area contributed by atoms with Gasteiger partial charge in [-0.2, -0.15) is 0 Å². The fourth-order valence-corrected chi connectivity index (χ4v) is 4.10. The molecule has 4 heteroatoms. The molecule has 0 spiro atoms. The van der Waals surface area contributed by atoms with E-state index in [-0.39, 0.29) is 5.78 Å². The zero-order valence-corrected chi connectivity index (χ0v) is 15.7. The summed E-state index contributed by atoms with van der Waals surface area (Å²) in [6, 6.07) is 13.5. The first-order valence-corrected chi connectivity index (χ1v) is 9.55. The number of aromatic nitrogens is 1. The average Bonchev–Trinajstić information content (AvgIpc) is 3.05. The number of halogens is 1. The van der Waals surface area contributed by atoms with Gasteiger partial charge in [0.05, 0.1) is 0 Å². The molecule has 4 rings (SSSR count). The largest absolute Gasteiger partial charge is 0.361 e. The number of carbonyl (C=O) groups is 1. The minimum absolute atomic E-state index is 0.100. The van der Waals surface area contributed by atoms with Crippen molar-refractivity contribution in [2.24, 2.45) is 0 Å². The lowest BCUT2D eigenvalue weighted by Gasteiger charge is -2.28. The number of hydrogen-bond donors (Lipinski definition) is 1. The number of ketones is 1. The van der Waals surface area contributed by atoms with Gasteiger partial charge in [-0.15, -0.1) is 0 Å². The number of rotatable bonds is 4. The molecule has 1 aromatic heterocycles. The first-order chi connectivity index (χ1) is 12.6. The van der Waals surface area contributed by atoms with Crippen molar-refractivity contribution in [3.8, 4) is 0 Å². The van der Waals surface area contributed by atoms with Crippen LogP contribution in [0.4, 0.5) is 0 Å². The number of nitrogens with one attached hydrogen (secondary N) is 1. The van der Waals surface area contributed by atoms with E-state index in [0.717, 1.165) is 24.2 Å². The van der Waals surface area contributed by atoms with Crippen LogP contribution >= 0.6 is 11.6 Å². The van der Waals surface area contributed by atoms with E-state index in [1.807, 2.05) is 18.2 Å². The highest BCUT2D eigenvalue weighted by molar-refractivity contribution is 6.31. The maximum Gasteiger partial charge on any atom is 0.167 e. The van der Waals surface area contributed by atoms with Crippen LogP contribution in [0.3, 0.4) is 0 Å². The molecule has 1 aliphatic heterocycles. The zero-order chi connectivity index (χ0) is 18.1. The van der Waals surface area contributed by atoms with Crippen molar-refractivity contribution in [2.45, 2.75) is 25.2 Å². The molecule has 0 bridgehead atoms. The molecule has 0 amide bonds. The summed E-state index contributed by atoms with van der Waals surface area (Å²) < 4.78 is 0. The molecule has 1 fully saturated rings. The number of H-pyrrole nitrogens is 1. The molecule has 3 aromatic rings. The standard InChI is InChI=1S/C22H23ClN2O/c1-25-9-7-16(8-10-25)20-14-24-21-6-5-15(11-19(20)21)12-22(26)17-3-2-4-18(23)13-17/h2-6,11,13-14,16,24H,7-10,12H2,1H3. The quantitative estimate of drug-likeness (QED) is 0.655. The Morgan fingerprint density at radius 3 is 2.77 bits per heavy atom. The van der Waals surface area contributed by atoms with Crippen LogP contribution in [0.2, 0.25) is 5.02 Å². The number of Topliss-reactive ketones (excluding diaryl/α,β-unsaturated/α-hetero) is 1. The van der Waals surface area contributed by atoms with E-state index in [4.69, 9.17) is 11.6 Å². The molecule has 26 heavy (non-hydrogen) atoms. The normalized spacial score (nSPS) is 16.2. The third kappa shape index (κ3) is 3.55. The van der Waals surface area contributed by atoms with Gasteiger partial charge in [0, 0.05) is 34.1 Å². The van der Waals surface area contributed by atoms with E-state index in [2.05, 4.69) is 35.3 Å². The summed E-state index contributed by atoms with van der Waals surface area (Å²) in [5.41, 5.74) is 4.27. The molecule has 1 saturated heterocycles. The number of aromatic amines is 1. The van der Waals surface area contributed by atoms with Crippen LogP contribution in [0.25, 0.3) is 10.9 Å². The highest BCUT2D eigenvalue weighted by Crippen LogP contribution is 2.33. The number of likely N-dealkylation sites (tertiary alicyclic amines) is 1. The Bertz CT molecular complexity index is 938. The molecular weight excluding hydrogens is 344 g/mol. The molecule has 2 heterocycles. The van der Waals surface area contributed by atoms with E-state index in [0.29, 0.717) is 22.9 Å². The molecule has 0 atom stereocenters. The van der Waals surface area contributed by atoms with E-state index in [1.54, 1.807) is 12.1 Å². The molecule has 3 nitrogen and oxygen atoms in total. The molecule has 2 aromatic carbocycles. The van der Waals surface area contributed by atoms with Gasteiger partial charge in [-0.25, -0.2) is 0 Å². The molecule has 134 valence electrons. The summed E-state index contributed by atoms with van der Waals surface area (Å²) in [4.78, 5) is 18.4. The lowest BCUT2D eigenvalue weighted by molar-refractivity contribution is 0.0993. The molecule has 0 unspecified atom stereocenters. The molecule has 0 saturated carbocycles. The fraction of sp³-hybridized carbons (Fsp3) is 0.318. The number of carbonyl (C=O) groups excluding carboxylic acids is 1. The first kappa shape index (κ1) is 17.3. The molecule has 0 aliphatic carbocycles. The second kappa shape index (κ2) is 7.26. The van der Waals surface area contributed by atoms with Crippen molar-refractivity contribution in [1.29, 1.82) is 0 Å². The van der Waals surface area contributed by atoms with Crippen molar-refractivity contribution in [3.63, 3.8) is 0 Å². The van der Waals surface area contributed by atoms with Crippen molar-refractivity contribution in [2.75, 3.05) is 20.1 Å². The monoisotopic (exact) mass is 366 g/mol. The van der Waals surface area contributed by atoms with E-state index in [1.165, 1.54) is 23.8 Å². The summed E-state index contributed by atoms with van der Waals surface area (Å²) in [5, 5.41) is 1.86. The van der Waals surface area contributed by atoms with Gasteiger partial charge in [-0.1, -0.05) is 29.8 Å². The van der Waals surface area contributed by atoms with Crippen molar-refractivity contribution < 1.29 is 4.79 Å². The molecule has 0 radical (unpaired) electrons. The highest BCUT2D eigenvalue weighted by Gasteiger charge is 2.21. The Kier molecular flexibility index (Phi) is 4.84. The van der Waals surface area contributed by atoms with Crippen LogP contribution in [0.15, 0.2) is 48.7 Å². The van der Waals surface area contributed by atoms with Crippen molar-refractivity contribution in [3.05, 3.63) is 70.4 Å². The Hall–Kier alpha value is -2.10. The minimum Gasteiger partial charge on any atom is -0.361 e. The average molecular weight is 367 g/mol. The zero-order valence-electron chi connectivity index (χ0n) is 15.0. The number of fused-ring (bicyclic) bond motifs is 1. The van der Waals surface area contributed by atoms with Crippen molar-refractivity contribution >= 4 is 28.3 Å². The smallest absolute Gasteiger partial charge is 0.167 e. The van der Waals surface area contributed by atoms with Crippen molar-refractivity contribution in [1.82, 2.24) is 9.88 Å². The lowest BCUT2D eigenvalue weighted by Crippen LogP contribution is -2.29. The summed E-state index contributed by atoms with van der Waals surface area (Å²) in [6.07, 6.45) is 4.93. The predicted molar refractivity (Wildman–Crippen MR) is 107 cm³/mol. The van der Waals surface area contributed by atoms with Gasteiger partial charge in [0.25, 0.3) is 0 Å². The Balaban J connectivity index is 1.59. The third-order valence-corrected chi connectivity index (χ3v) is 5.68. The molecular formula is C22H23ClN2O. The number of hydrogen-bond acceptors (Lipinski definition) is 2. The maximum absolute atomic E-state index is 12.6. The van der Waals surface area contributed by atoms with E-state index in [9.17, 15) is 4.79 Å². The van der Waals surface area contributed by atoms with Gasteiger partial charge in [0.15, 0.2) is 5.78 Å². The summed E-state index contributed by atoms with van der Waals surface area (Å²) in [7, 11) is 2.19. The Morgan fingerprint density at radius 2 is 2.00 bits per heavy atom. The number of nitrogens with zero attached hydrogens (tertiary/aromatic N) is 1.